The normalized spacial score (nSPS) is 17.4. The van der Waals surface area contributed by atoms with E-state index in [2.05, 4.69) is 15.5 Å². The maximum absolute atomic E-state index is 11.6. The van der Waals surface area contributed by atoms with E-state index < -0.39 is 18.0 Å². The average molecular weight is 287 g/mol. The van der Waals surface area contributed by atoms with Crippen molar-refractivity contribution in [3.63, 3.8) is 0 Å². The lowest BCUT2D eigenvalue weighted by atomic mass is 10.1. The summed E-state index contributed by atoms with van der Waals surface area (Å²) < 4.78 is 5.24. The van der Waals surface area contributed by atoms with E-state index in [-0.39, 0.29) is 0 Å². The fourth-order valence-electron chi connectivity index (χ4n) is 2.03. The van der Waals surface area contributed by atoms with Crippen LogP contribution in [0.25, 0.3) is 0 Å². The molecule has 1 saturated heterocycles. The first-order valence-corrected chi connectivity index (χ1v) is 7.20. The molecule has 0 radical (unpaired) electrons. The lowest BCUT2D eigenvalue weighted by Crippen LogP contribution is -2.48. The van der Waals surface area contributed by atoms with Gasteiger partial charge in [-0.05, 0) is 6.42 Å². The summed E-state index contributed by atoms with van der Waals surface area (Å²) in [6.45, 7) is 6.44. The van der Waals surface area contributed by atoms with Crippen molar-refractivity contribution in [2.75, 3.05) is 39.4 Å². The van der Waals surface area contributed by atoms with Crippen LogP contribution in [-0.4, -0.2) is 67.4 Å². The number of hydrogen-bond acceptors (Lipinski definition) is 4. The molecule has 1 heterocycles. The Hall–Kier alpha value is -1.34. The summed E-state index contributed by atoms with van der Waals surface area (Å²) in [4.78, 5) is 24.8. The summed E-state index contributed by atoms with van der Waals surface area (Å²) in [6.07, 6.45) is 2.15. The van der Waals surface area contributed by atoms with Crippen LogP contribution in [0, 0.1) is 0 Å². The fraction of sp³-hybridized carbons (Fsp3) is 0.846. The van der Waals surface area contributed by atoms with Crippen molar-refractivity contribution in [1.29, 1.82) is 0 Å². The first kappa shape index (κ1) is 16.7. The maximum Gasteiger partial charge on any atom is 0.326 e. The van der Waals surface area contributed by atoms with Gasteiger partial charge in [0.25, 0.3) is 0 Å². The van der Waals surface area contributed by atoms with Crippen LogP contribution in [-0.2, 0) is 9.53 Å². The molecule has 1 fully saturated rings. The largest absolute Gasteiger partial charge is 0.480 e. The zero-order valence-electron chi connectivity index (χ0n) is 12.1. The number of nitrogens with zero attached hydrogens (tertiary/aromatic N) is 1. The number of morpholine rings is 1. The Balaban J connectivity index is 2.18. The van der Waals surface area contributed by atoms with Gasteiger partial charge in [-0.25, -0.2) is 9.59 Å². The van der Waals surface area contributed by atoms with Crippen LogP contribution in [0.15, 0.2) is 0 Å². The lowest BCUT2D eigenvalue weighted by molar-refractivity contribution is -0.139. The van der Waals surface area contributed by atoms with Gasteiger partial charge in [0.1, 0.15) is 6.04 Å². The number of carbonyl (C=O) groups excluding carboxylic acids is 1. The Morgan fingerprint density at radius 1 is 1.35 bits per heavy atom. The molecule has 0 aromatic carbocycles. The Morgan fingerprint density at radius 2 is 2.05 bits per heavy atom. The molecule has 116 valence electrons. The van der Waals surface area contributed by atoms with Gasteiger partial charge in [0.15, 0.2) is 0 Å². The number of unbranched alkanes of at least 4 members (excludes halogenated alkanes) is 1. The maximum atomic E-state index is 11.6. The highest BCUT2D eigenvalue weighted by Gasteiger charge is 2.19. The van der Waals surface area contributed by atoms with Crippen molar-refractivity contribution in [3.8, 4) is 0 Å². The first-order valence-electron chi connectivity index (χ1n) is 7.20. The zero-order valence-corrected chi connectivity index (χ0v) is 12.1. The first-order chi connectivity index (χ1) is 9.63. The molecule has 1 atom stereocenters. The van der Waals surface area contributed by atoms with Crippen LogP contribution in [0.1, 0.15) is 26.2 Å². The summed E-state index contributed by atoms with van der Waals surface area (Å²) in [7, 11) is 0. The second-order valence-corrected chi connectivity index (χ2v) is 4.89. The predicted octanol–water partition coefficient (Wildman–Crippen LogP) is 0.261. The van der Waals surface area contributed by atoms with Crippen molar-refractivity contribution < 1.29 is 19.4 Å². The van der Waals surface area contributed by atoms with Crippen molar-refractivity contribution >= 4 is 12.0 Å². The van der Waals surface area contributed by atoms with Gasteiger partial charge in [0.2, 0.25) is 0 Å². The van der Waals surface area contributed by atoms with Crippen LogP contribution >= 0.6 is 0 Å². The minimum atomic E-state index is -0.984. The molecule has 3 N–H and O–H groups in total. The van der Waals surface area contributed by atoms with Gasteiger partial charge in [0, 0.05) is 26.2 Å². The fourth-order valence-corrected chi connectivity index (χ4v) is 2.03. The number of urea groups is 1. The van der Waals surface area contributed by atoms with E-state index in [1.807, 2.05) is 6.92 Å². The molecule has 0 bridgehead atoms. The van der Waals surface area contributed by atoms with E-state index in [0.717, 1.165) is 45.7 Å². The van der Waals surface area contributed by atoms with Crippen molar-refractivity contribution in [3.05, 3.63) is 0 Å². The number of carbonyl (C=O) groups is 2. The van der Waals surface area contributed by atoms with Crippen LogP contribution in [0.5, 0.6) is 0 Å². The summed E-state index contributed by atoms with van der Waals surface area (Å²) in [5, 5.41) is 14.2. The van der Waals surface area contributed by atoms with Gasteiger partial charge in [-0.3, -0.25) is 4.90 Å². The van der Waals surface area contributed by atoms with Crippen molar-refractivity contribution in [2.45, 2.75) is 32.2 Å². The van der Waals surface area contributed by atoms with Gasteiger partial charge in [0.05, 0.1) is 13.2 Å². The van der Waals surface area contributed by atoms with Gasteiger partial charge < -0.3 is 20.5 Å². The zero-order chi connectivity index (χ0) is 14.8. The highest BCUT2D eigenvalue weighted by Crippen LogP contribution is 2.00. The molecule has 2 amide bonds. The van der Waals surface area contributed by atoms with Gasteiger partial charge >= 0.3 is 12.0 Å². The Kier molecular flexibility index (Phi) is 7.98. The standard InChI is InChI=1S/C13H25N3O4/c1-2-3-4-11(12(17)18)15-13(19)14-5-6-16-7-9-20-10-8-16/h11H,2-10H2,1H3,(H,17,18)(H2,14,15,19). The second-order valence-electron chi connectivity index (χ2n) is 4.89. The molecule has 1 rings (SSSR count). The molecule has 0 aliphatic carbocycles. The summed E-state index contributed by atoms with van der Waals surface area (Å²) in [6, 6.07) is -1.22. The number of ether oxygens (including phenoxy) is 1. The molecule has 1 aliphatic heterocycles. The highest BCUT2D eigenvalue weighted by molar-refractivity contribution is 5.82. The molecule has 1 unspecified atom stereocenters. The third-order valence-electron chi connectivity index (χ3n) is 3.27. The van der Waals surface area contributed by atoms with Gasteiger partial charge in [-0.15, -0.1) is 0 Å². The van der Waals surface area contributed by atoms with Crippen molar-refractivity contribution in [2.24, 2.45) is 0 Å². The number of amides is 2. The number of carboxylic acids is 1. The van der Waals surface area contributed by atoms with Gasteiger partial charge in [-0.2, -0.15) is 0 Å². The number of hydrogen-bond donors (Lipinski definition) is 3. The highest BCUT2D eigenvalue weighted by atomic mass is 16.5. The summed E-state index contributed by atoms with van der Waals surface area (Å²) >= 11 is 0. The van der Waals surface area contributed by atoms with Crippen LogP contribution < -0.4 is 10.6 Å². The summed E-state index contributed by atoms with van der Waals surface area (Å²) in [5.41, 5.74) is 0. The SMILES string of the molecule is CCCCC(NC(=O)NCCN1CCOCC1)C(=O)O. The van der Waals surface area contributed by atoms with E-state index in [1.165, 1.54) is 0 Å². The molecule has 0 aromatic heterocycles. The van der Waals surface area contributed by atoms with Gasteiger partial charge in [-0.1, -0.05) is 19.8 Å². The monoisotopic (exact) mass is 287 g/mol. The molecular formula is C13H25N3O4. The number of carboxylic acid groups (broad SMARTS) is 1. The molecule has 0 saturated carbocycles. The quantitative estimate of drug-likeness (QED) is 0.596. The van der Waals surface area contributed by atoms with E-state index in [0.29, 0.717) is 13.0 Å². The topological polar surface area (TPSA) is 90.9 Å². The van der Waals surface area contributed by atoms with E-state index in [4.69, 9.17) is 9.84 Å². The molecular weight excluding hydrogens is 262 g/mol. The minimum absolute atomic E-state index is 0.415. The van der Waals surface area contributed by atoms with E-state index >= 15 is 0 Å². The minimum Gasteiger partial charge on any atom is -0.480 e. The predicted molar refractivity (Wildman–Crippen MR) is 74.7 cm³/mol. The average Bonchev–Trinajstić information content (AvgIpc) is 2.44. The molecule has 20 heavy (non-hydrogen) atoms. The molecule has 0 spiro atoms. The molecule has 7 nitrogen and oxygen atoms in total. The number of rotatable bonds is 8. The molecule has 1 aliphatic rings. The van der Waals surface area contributed by atoms with Crippen LogP contribution in [0.3, 0.4) is 0 Å². The Morgan fingerprint density at radius 3 is 2.65 bits per heavy atom. The lowest BCUT2D eigenvalue weighted by Gasteiger charge is -2.26. The smallest absolute Gasteiger partial charge is 0.326 e. The number of aliphatic carboxylic acids is 1. The van der Waals surface area contributed by atoms with Crippen LogP contribution in [0.2, 0.25) is 0 Å². The van der Waals surface area contributed by atoms with E-state index in [1.54, 1.807) is 0 Å². The Bertz CT molecular complexity index is 306. The molecule has 7 heteroatoms. The second kappa shape index (κ2) is 9.55. The van der Waals surface area contributed by atoms with Crippen molar-refractivity contribution in [1.82, 2.24) is 15.5 Å². The Labute approximate surface area is 119 Å². The number of nitrogens with one attached hydrogen (secondary N) is 2. The third-order valence-corrected chi connectivity index (χ3v) is 3.27. The molecule has 0 aromatic rings. The van der Waals surface area contributed by atoms with Crippen LogP contribution in [0.4, 0.5) is 4.79 Å². The summed E-state index contributed by atoms with van der Waals surface area (Å²) in [5.74, 6) is -0.984. The van der Waals surface area contributed by atoms with E-state index in [9.17, 15) is 9.59 Å². The third kappa shape index (κ3) is 6.72.